The Kier molecular flexibility index (Phi) is 6.70. The van der Waals surface area contributed by atoms with Gasteiger partial charge in [-0.2, -0.15) is 0 Å². The van der Waals surface area contributed by atoms with E-state index in [9.17, 15) is 9.59 Å². The van der Waals surface area contributed by atoms with Gasteiger partial charge in [-0.05, 0) is 55.5 Å². The number of nitrogens with zero attached hydrogens (tertiary/aromatic N) is 2. The summed E-state index contributed by atoms with van der Waals surface area (Å²) in [6, 6.07) is 23.3. The van der Waals surface area contributed by atoms with Crippen LogP contribution in [0.15, 0.2) is 91.3 Å². The molecule has 1 heterocycles. The highest BCUT2D eigenvalue weighted by atomic mass is 16.5. The molecule has 0 unspecified atom stereocenters. The highest BCUT2D eigenvalue weighted by molar-refractivity contribution is 6.06. The van der Waals surface area contributed by atoms with Crippen LogP contribution in [0.25, 0.3) is 11.4 Å². The first-order chi connectivity index (χ1) is 16.1. The van der Waals surface area contributed by atoms with Gasteiger partial charge in [0.25, 0.3) is 11.8 Å². The summed E-state index contributed by atoms with van der Waals surface area (Å²) in [5.41, 5.74) is 2.91. The molecule has 0 aliphatic heterocycles. The number of ether oxygens (including phenoxy) is 1. The molecule has 7 nitrogen and oxygen atoms in total. The number of nitrogens with one attached hydrogen (secondary N) is 2. The van der Waals surface area contributed by atoms with E-state index in [4.69, 9.17) is 4.74 Å². The summed E-state index contributed by atoms with van der Waals surface area (Å²) in [7, 11) is 0. The van der Waals surface area contributed by atoms with Crippen LogP contribution in [0.4, 0.5) is 11.4 Å². The minimum Gasteiger partial charge on any atom is -0.494 e. The monoisotopic (exact) mass is 438 g/mol. The van der Waals surface area contributed by atoms with E-state index >= 15 is 0 Å². The molecule has 2 N–H and O–H groups in total. The topological polar surface area (TPSA) is 93.2 Å². The highest BCUT2D eigenvalue weighted by Gasteiger charge is 2.10. The average molecular weight is 438 g/mol. The van der Waals surface area contributed by atoms with Crippen molar-refractivity contribution in [3.63, 3.8) is 0 Å². The summed E-state index contributed by atoms with van der Waals surface area (Å²) >= 11 is 0. The Hall–Kier alpha value is -4.52. The fourth-order valence-corrected chi connectivity index (χ4v) is 3.09. The number of rotatable bonds is 7. The van der Waals surface area contributed by atoms with Crippen LogP contribution in [0.2, 0.25) is 0 Å². The quantitative estimate of drug-likeness (QED) is 0.421. The third kappa shape index (κ3) is 5.59. The summed E-state index contributed by atoms with van der Waals surface area (Å²) in [4.78, 5) is 33.5. The van der Waals surface area contributed by atoms with Crippen molar-refractivity contribution in [1.82, 2.24) is 9.97 Å². The van der Waals surface area contributed by atoms with Crippen molar-refractivity contribution >= 4 is 23.2 Å². The Morgan fingerprint density at radius 1 is 0.727 bits per heavy atom. The smallest absolute Gasteiger partial charge is 0.258 e. The largest absolute Gasteiger partial charge is 0.494 e. The van der Waals surface area contributed by atoms with E-state index in [1.54, 1.807) is 48.5 Å². The molecule has 164 valence electrons. The molecule has 0 aliphatic rings. The summed E-state index contributed by atoms with van der Waals surface area (Å²) in [5.74, 6) is 0.717. The molecule has 4 rings (SSSR count). The average Bonchev–Trinajstić information content (AvgIpc) is 2.86. The van der Waals surface area contributed by atoms with Crippen LogP contribution in [-0.2, 0) is 0 Å². The lowest BCUT2D eigenvalue weighted by molar-refractivity contribution is 0.101. The number of benzene rings is 3. The molecule has 0 atom stereocenters. The van der Waals surface area contributed by atoms with E-state index in [2.05, 4.69) is 20.6 Å². The van der Waals surface area contributed by atoms with Gasteiger partial charge in [-0.3, -0.25) is 9.59 Å². The minimum atomic E-state index is -0.332. The van der Waals surface area contributed by atoms with Crippen molar-refractivity contribution < 1.29 is 14.3 Å². The molecule has 0 saturated heterocycles. The molecule has 4 aromatic rings. The molecule has 0 spiro atoms. The molecular weight excluding hydrogens is 416 g/mol. The van der Waals surface area contributed by atoms with Crippen molar-refractivity contribution in [3.05, 3.63) is 102 Å². The molecule has 3 aromatic carbocycles. The van der Waals surface area contributed by atoms with Crippen molar-refractivity contribution in [2.45, 2.75) is 6.92 Å². The normalized spacial score (nSPS) is 10.3. The first-order valence-corrected chi connectivity index (χ1v) is 10.5. The van der Waals surface area contributed by atoms with Gasteiger partial charge in [0.2, 0.25) is 0 Å². The molecule has 0 bridgehead atoms. The molecule has 0 saturated carbocycles. The molecule has 7 heteroatoms. The number of aromatic nitrogens is 2. The van der Waals surface area contributed by atoms with Crippen molar-refractivity contribution in [3.8, 4) is 17.1 Å². The molecule has 0 fully saturated rings. The summed E-state index contributed by atoms with van der Waals surface area (Å²) in [5, 5.41) is 5.62. The van der Waals surface area contributed by atoms with Gasteiger partial charge >= 0.3 is 0 Å². The Morgan fingerprint density at radius 3 is 1.85 bits per heavy atom. The second-order valence-corrected chi connectivity index (χ2v) is 7.10. The number of hydrogen-bond acceptors (Lipinski definition) is 5. The third-order valence-corrected chi connectivity index (χ3v) is 4.77. The lowest BCUT2D eigenvalue weighted by Crippen LogP contribution is -2.14. The molecule has 33 heavy (non-hydrogen) atoms. The van der Waals surface area contributed by atoms with E-state index in [1.807, 2.05) is 37.3 Å². The Balaban J connectivity index is 1.36. The van der Waals surface area contributed by atoms with Crippen LogP contribution in [0, 0.1) is 0 Å². The van der Waals surface area contributed by atoms with Gasteiger partial charge < -0.3 is 15.4 Å². The summed E-state index contributed by atoms with van der Waals surface area (Å²) < 4.78 is 5.40. The Labute approximate surface area is 191 Å². The zero-order valence-corrected chi connectivity index (χ0v) is 18.0. The summed E-state index contributed by atoms with van der Waals surface area (Å²) in [6.07, 6.45) is 2.98. The van der Waals surface area contributed by atoms with Gasteiger partial charge in [0.1, 0.15) is 5.75 Å². The lowest BCUT2D eigenvalue weighted by Gasteiger charge is -2.09. The van der Waals surface area contributed by atoms with E-state index in [0.717, 1.165) is 11.3 Å². The van der Waals surface area contributed by atoms with Gasteiger partial charge in [-0.25, -0.2) is 9.97 Å². The predicted octanol–water partition coefficient (Wildman–Crippen LogP) is 5.05. The Morgan fingerprint density at radius 2 is 1.27 bits per heavy atom. The van der Waals surface area contributed by atoms with E-state index < -0.39 is 0 Å². The second-order valence-electron chi connectivity index (χ2n) is 7.10. The van der Waals surface area contributed by atoms with Gasteiger partial charge in [0.05, 0.1) is 12.2 Å². The number of carbonyl (C=O) groups is 2. The first-order valence-electron chi connectivity index (χ1n) is 10.5. The number of anilines is 2. The maximum atomic E-state index is 12.5. The minimum absolute atomic E-state index is 0.248. The predicted molar refractivity (Wildman–Crippen MR) is 127 cm³/mol. The molecule has 0 aliphatic carbocycles. The van der Waals surface area contributed by atoms with Crippen molar-refractivity contribution in [1.29, 1.82) is 0 Å². The number of hydrogen-bond donors (Lipinski definition) is 2. The van der Waals surface area contributed by atoms with Gasteiger partial charge in [0.15, 0.2) is 5.82 Å². The van der Waals surface area contributed by atoms with E-state index in [-0.39, 0.29) is 11.8 Å². The number of amides is 2. The molecule has 2 amide bonds. The zero-order valence-electron chi connectivity index (χ0n) is 18.0. The molecule has 1 aromatic heterocycles. The van der Waals surface area contributed by atoms with Crippen LogP contribution in [0.1, 0.15) is 27.6 Å². The van der Waals surface area contributed by atoms with Crippen molar-refractivity contribution in [2.75, 3.05) is 17.2 Å². The van der Waals surface area contributed by atoms with Crippen molar-refractivity contribution in [2.24, 2.45) is 0 Å². The maximum absolute atomic E-state index is 12.5. The van der Waals surface area contributed by atoms with Crippen LogP contribution in [0.3, 0.4) is 0 Å². The first kappa shape index (κ1) is 21.7. The summed E-state index contributed by atoms with van der Waals surface area (Å²) in [6.45, 7) is 2.50. The second kappa shape index (κ2) is 10.2. The fourth-order valence-electron chi connectivity index (χ4n) is 3.09. The highest BCUT2D eigenvalue weighted by Crippen LogP contribution is 2.18. The lowest BCUT2D eigenvalue weighted by atomic mass is 10.1. The van der Waals surface area contributed by atoms with Gasteiger partial charge in [-0.15, -0.1) is 0 Å². The molecular formula is C26H22N4O3. The van der Waals surface area contributed by atoms with Crippen LogP contribution in [0.5, 0.6) is 5.75 Å². The van der Waals surface area contributed by atoms with E-state index in [0.29, 0.717) is 34.9 Å². The van der Waals surface area contributed by atoms with Gasteiger partial charge in [0, 0.05) is 34.9 Å². The SMILES string of the molecule is CCOc1ccc(NC(=O)c2ccc(NC(=O)c3cnc(-c4ccccc4)nc3)cc2)cc1. The van der Waals surface area contributed by atoms with Crippen LogP contribution >= 0.6 is 0 Å². The fraction of sp³-hybridized carbons (Fsp3) is 0.0769. The van der Waals surface area contributed by atoms with Crippen LogP contribution < -0.4 is 15.4 Å². The van der Waals surface area contributed by atoms with E-state index in [1.165, 1.54) is 12.4 Å². The number of carbonyl (C=O) groups excluding carboxylic acids is 2. The molecule has 0 radical (unpaired) electrons. The van der Waals surface area contributed by atoms with Crippen LogP contribution in [-0.4, -0.2) is 28.4 Å². The third-order valence-electron chi connectivity index (χ3n) is 4.77. The van der Waals surface area contributed by atoms with Gasteiger partial charge in [-0.1, -0.05) is 30.3 Å². The maximum Gasteiger partial charge on any atom is 0.258 e. The zero-order chi connectivity index (χ0) is 23.0. The Bertz CT molecular complexity index is 1220. The standard InChI is InChI=1S/C26H22N4O3/c1-2-33-23-14-12-22(13-15-23)29-25(31)19-8-10-21(11-9-19)30-26(32)20-16-27-24(28-17-20)18-6-4-3-5-7-18/h3-17H,2H2,1H3,(H,29,31)(H,30,32).